The molecule has 0 spiro atoms. The second-order valence-electron chi connectivity index (χ2n) is 8.53. The molecule has 0 fully saturated rings. The number of H-pyrrole nitrogens is 1. The highest BCUT2D eigenvalue weighted by atomic mass is 16.5. The van der Waals surface area contributed by atoms with Crippen molar-refractivity contribution in [3.8, 4) is 0 Å². The molecule has 0 aliphatic rings. The van der Waals surface area contributed by atoms with Crippen molar-refractivity contribution in [2.75, 3.05) is 6.61 Å². The Bertz CT molecular complexity index is 1350. The van der Waals surface area contributed by atoms with Gasteiger partial charge in [0.15, 0.2) is 5.82 Å². The van der Waals surface area contributed by atoms with E-state index in [4.69, 9.17) is 4.74 Å². The van der Waals surface area contributed by atoms with Crippen LogP contribution in [0.15, 0.2) is 59.4 Å². The summed E-state index contributed by atoms with van der Waals surface area (Å²) in [4.78, 5) is 30.3. The summed E-state index contributed by atoms with van der Waals surface area (Å²) in [5, 5.41) is 13.1. The summed E-state index contributed by atoms with van der Waals surface area (Å²) in [6.07, 6.45) is 0.681. The Kier molecular flexibility index (Phi) is 7.67. The highest BCUT2D eigenvalue weighted by Crippen LogP contribution is 2.26. The van der Waals surface area contributed by atoms with Gasteiger partial charge in [-0.05, 0) is 59.8 Å². The summed E-state index contributed by atoms with van der Waals surface area (Å²) >= 11 is 0. The first-order valence-corrected chi connectivity index (χ1v) is 11.8. The van der Waals surface area contributed by atoms with Gasteiger partial charge in [-0.25, -0.2) is 4.68 Å². The Balaban J connectivity index is 1.71. The molecular formula is C26H30N6O3. The predicted octanol–water partition coefficient (Wildman–Crippen LogP) is 3.54. The number of nitrogens with zero attached hydrogens (tertiary/aromatic N) is 5. The molecule has 0 amide bonds. The zero-order valence-electron chi connectivity index (χ0n) is 20.3. The molecule has 182 valence electrons. The summed E-state index contributed by atoms with van der Waals surface area (Å²) < 4.78 is 6.57. The number of benzene rings is 2. The Morgan fingerprint density at radius 1 is 1.11 bits per heavy atom. The van der Waals surface area contributed by atoms with Crippen LogP contribution in [0.3, 0.4) is 0 Å². The molecule has 0 saturated heterocycles. The van der Waals surface area contributed by atoms with Gasteiger partial charge in [0.25, 0.3) is 5.56 Å². The minimum atomic E-state index is -0.396. The average molecular weight is 475 g/mol. The standard InChI is InChI=1S/C26H30N6O3/c1-4-23(25-28-29-30-32(25)17-24(33)35-5-2)31(15-19-9-7-6-8-10-19)16-21-14-20-13-18(3)11-12-22(20)27-26(21)34/h6-14,23H,4-5,15-17H2,1-3H3,(H,27,34)/t23-/m1/s1. The Labute approximate surface area is 203 Å². The number of carbonyl (C=O) groups is 1. The fourth-order valence-corrected chi connectivity index (χ4v) is 4.30. The smallest absolute Gasteiger partial charge is 0.327 e. The van der Waals surface area contributed by atoms with E-state index in [2.05, 4.69) is 43.6 Å². The SMILES string of the molecule is CCOC(=O)Cn1nnnc1[C@@H](CC)N(Cc1ccccc1)Cc1cc2cc(C)ccc2[nH]c1=O. The summed E-state index contributed by atoms with van der Waals surface area (Å²) in [6, 6.07) is 17.8. The third-order valence-corrected chi connectivity index (χ3v) is 5.95. The highest BCUT2D eigenvalue weighted by molar-refractivity contribution is 5.79. The van der Waals surface area contributed by atoms with Gasteiger partial charge in [0.1, 0.15) is 6.54 Å². The van der Waals surface area contributed by atoms with E-state index in [1.807, 2.05) is 50.2 Å². The quantitative estimate of drug-likeness (QED) is 0.350. The monoisotopic (exact) mass is 474 g/mol. The number of aryl methyl sites for hydroxylation is 1. The van der Waals surface area contributed by atoms with E-state index >= 15 is 0 Å². The lowest BCUT2D eigenvalue weighted by molar-refractivity contribution is -0.144. The largest absolute Gasteiger partial charge is 0.465 e. The van der Waals surface area contributed by atoms with Crippen LogP contribution in [0.25, 0.3) is 10.9 Å². The van der Waals surface area contributed by atoms with Crippen molar-refractivity contribution in [3.05, 3.63) is 87.5 Å². The number of tetrazole rings is 1. The zero-order valence-corrected chi connectivity index (χ0v) is 20.3. The van der Waals surface area contributed by atoms with E-state index in [-0.39, 0.29) is 24.8 Å². The van der Waals surface area contributed by atoms with E-state index < -0.39 is 5.97 Å². The topological polar surface area (TPSA) is 106 Å². The van der Waals surface area contributed by atoms with Crippen LogP contribution in [0.1, 0.15) is 48.8 Å². The number of rotatable bonds is 10. The molecule has 0 aliphatic carbocycles. The number of aromatic amines is 1. The van der Waals surface area contributed by atoms with Crippen molar-refractivity contribution in [3.63, 3.8) is 0 Å². The second-order valence-corrected chi connectivity index (χ2v) is 8.53. The zero-order chi connectivity index (χ0) is 24.8. The lowest BCUT2D eigenvalue weighted by atomic mass is 10.1. The number of pyridine rings is 1. The summed E-state index contributed by atoms with van der Waals surface area (Å²) in [5.41, 5.74) is 3.57. The van der Waals surface area contributed by atoms with Crippen molar-refractivity contribution in [2.24, 2.45) is 0 Å². The molecule has 0 unspecified atom stereocenters. The van der Waals surface area contributed by atoms with Crippen LogP contribution in [-0.2, 0) is 29.2 Å². The molecule has 2 heterocycles. The number of carbonyl (C=O) groups excluding carboxylic acids is 1. The van der Waals surface area contributed by atoms with Gasteiger partial charge in [-0.15, -0.1) is 5.10 Å². The van der Waals surface area contributed by atoms with Crippen molar-refractivity contribution in [1.29, 1.82) is 0 Å². The second kappa shape index (κ2) is 11.1. The molecule has 2 aromatic carbocycles. The van der Waals surface area contributed by atoms with E-state index in [9.17, 15) is 9.59 Å². The fraction of sp³-hybridized carbons (Fsp3) is 0.346. The number of nitrogens with one attached hydrogen (secondary N) is 1. The van der Waals surface area contributed by atoms with E-state index in [0.29, 0.717) is 30.9 Å². The molecule has 9 nitrogen and oxygen atoms in total. The van der Waals surface area contributed by atoms with Crippen LogP contribution in [-0.4, -0.2) is 42.7 Å². The minimum absolute atomic E-state index is 0.0678. The van der Waals surface area contributed by atoms with Crippen LogP contribution in [0, 0.1) is 6.92 Å². The molecule has 1 N–H and O–H groups in total. The molecule has 9 heteroatoms. The van der Waals surface area contributed by atoms with Crippen LogP contribution >= 0.6 is 0 Å². The van der Waals surface area contributed by atoms with Gasteiger partial charge in [-0.2, -0.15) is 0 Å². The van der Waals surface area contributed by atoms with Crippen LogP contribution < -0.4 is 5.56 Å². The first-order chi connectivity index (χ1) is 17.0. The van der Waals surface area contributed by atoms with Crippen molar-refractivity contribution >= 4 is 16.9 Å². The molecule has 0 bridgehead atoms. The van der Waals surface area contributed by atoms with Gasteiger partial charge in [-0.3, -0.25) is 14.5 Å². The van der Waals surface area contributed by atoms with Crippen LogP contribution in [0.2, 0.25) is 0 Å². The predicted molar refractivity (Wildman–Crippen MR) is 132 cm³/mol. The number of hydrogen-bond acceptors (Lipinski definition) is 7. The Morgan fingerprint density at radius 2 is 1.91 bits per heavy atom. The van der Waals surface area contributed by atoms with Gasteiger partial charge in [0.05, 0.1) is 12.6 Å². The van der Waals surface area contributed by atoms with Crippen molar-refractivity contribution < 1.29 is 9.53 Å². The van der Waals surface area contributed by atoms with Crippen LogP contribution in [0.5, 0.6) is 0 Å². The molecule has 35 heavy (non-hydrogen) atoms. The molecule has 4 rings (SSSR count). The Hall–Kier alpha value is -3.85. The molecule has 0 radical (unpaired) electrons. The third-order valence-electron chi connectivity index (χ3n) is 5.95. The van der Waals surface area contributed by atoms with Gasteiger partial charge >= 0.3 is 5.97 Å². The first-order valence-electron chi connectivity index (χ1n) is 11.8. The molecule has 2 aromatic heterocycles. The maximum atomic E-state index is 13.0. The maximum Gasteiger partial charge on any atom is 0.327 e. The molecular weight excluding hydrogens is 444 g/mol. The van der Waals surface area contributed by atoms with Crippen molar-refractivity contribution in [1.82, 2.24) is 30.1 Å². The first kappa shape index (κ1) is 24.3. The summed E-state index contributed by atoms with van der Waals surface area (Å²) in [5.74, 6) is 0.163. The fourth-order valence-electron chi connectivity index (χ4n) is 4.30. The lowest BCUT2D eigenvalue weighted by Gasteiger charge is -2.30. The van der Waals surface area contributed by atoms with E-state index in [0.717, 1.165) is 22.0 Å². The number of aromatic nitrogens is 5. The lowest BCUT2D eigenvalue weighted by Crippen LogP contribution is -2.33. The molecule has 1 atom stereocenters. The average Bonchev–Trinajstić information content (AvgIpc) is 3.28. The summed E-state index contributed by atoms with van der Waals surface area (Å²) in [7, 11) is 0. The summed E-state index contributed by atoms with van der Waals surface area (Å²) in [6.45, 7) is 7.02. The van der Waals surface area contributed by atoms with Gasteiger partial charge in [0.2, 0.25) is 0 Å². The number of esters is 1. The molecule has 4 aromatic rings. The Morgan fingerprint density at radius 3 is 2.66 bits per heavy atom. The minimum Gasteiger partial charge on any atom is -0.465 e. The van der Waals surface area contributed by atoms with Gasteiger partial charge < -0.3 is 9.72 Å². The number of hydrogen-bond donors (Lipinski definition) is 1. The number of fused-ring (bicyclic) bond motifs is 1. The van der Waals surface area contributed by atoms with E-state index in [1.54, 1.807) is 6.92 Å². The van der Waals surface area contributed by atoms with E-state index in [1.165, 1.54) is 4.68 Å². The molecule has 0 saturated carbocycles. The van der Waals surface area contributed by atoms with Gasteiger partial charge in [-0.1, -0.05) is 48.9 Å². The normalized spacial score (nSPS) is 12.2. The maximum absolute atomic E-state index is 13.0. The number of ether oxygens (including phenoxy) is 1. The molecule has 0 aliphatic heterocycles. The van der Waals surface area contributed by atoms with Crippen LogP contribution in [0.4, 0.5) is 0 Å². The third kappa shape index (κ3) is 5.81. The highest BCUT2D eigenvalue weighted by Gasteiger charge is 2.27. The van der Waals surface area contributed by atoms with Crippen molar-refractivity contribution in [2.45, 2.75) is 52.9 Å². The van der Waals surface area contributed by atoms with Gasteiger partial charge in [0, 0.05) is 24.2 Å².